The van der Waals surface area contributed by atoms with E-state index >= 15 is 0 Å². The van der Waals surface area contributed by atoms with Crippen molar-refractivity contribution < 1.29 is 26.6 Å². The van der Waals surface area contributed by atoms with Crippen molar-refractivity contribution in [1.29, 1.82) is 0 Å². The zero-order valence-electron chi connectivity index (χ0n) is 25.8. The number of benzene rings is 4. The molecule has 1 aliphatic heterocycles. The van der Waals surface area contributed by atoms with Gasteiger partial charge in [0.1, 0.15) is 0 Å². The Labute approximate surface area is 273 Å². The van der Waals surface area contributed by atoms with Gasteiger partial charge in [0.2, 0.25) is 0 Å². The van der Waals surface area contributed by atoms with E-state index in [2.05, 4.69) is 4.98 Å². The maximum absolute atomic E-state index is 14.4. The van der Waals surface area contributed by atoms with Crippen LogP contribution in [0.3, 0.4) is 0 Å². The van der Waals surface area contributed by atoms with E-state index in [0.717, 1.165) is 21.3 Å². The molecule has 5 aromatic rings. The van der Waals surface area contributed by atoms with Crippen LogP contribution < -0.4 is 20.4 Å². The number of hydrogen-bond donors (Lipinski definition) is 1. The summed E-state index contributed by atoms with van der Waals surface area (Å²) in [5, 5.41) is 0. The number of ether oxygens (including phenoxy) is 4. The molecule has 1 aliphatic rings. The molecule has 4 atom stereocenters. The Hall–Kier alpha value is -4.64. The van der Waals surface area contributed by atoms with E-state index in [1.807, 2.05) is 84.9 Å². The van der Waals surface area contributed by atoms with Crippen LogP contribution in [0.25, 0.3) is 0 Å². The normalized spacial score (nSPS) is 19.8. The van der Waals surface area contributed by atoms with E-state index in [4.69, 9.17) is 18.9 Å². The van der Waals surface area contributed by atoms with Gasteiger partial charge < -0.3 is 0 Å². The summed E-state index contributed by atoms with van der Waals surface area (Å²) < 4.78 is 54.9. The number of H-pyrrole nitrogens is 1. The summed E-state index contributed by atoms with van der Waals surface area (Å²) in [7, 11) is 2.97. The topological polar surface area (TPSA) is 126 Å². The molecule has 0 spiro atoms. The van der Waals surface area contributed by atoms with Crippen molar-refractivity contribution in [2.24, 2.45) is 0 Å². The van der Waals surface area contributed by atoms with Gasteiger partial charge >= 0.3 is 274 Å². The van der Waals surface area contributed by atoms with Gasteiger partial charge in [-0.25, -0.2) is 0 Å². The van der Waals surface area contributed by atoms with Crippen LogP contribution in [-0.2, 0) is 27.5 Å². The van der Waals surface area contributed by atoms with E-state index < -0.39 is 52.8 Å². The second kappa shape index (κ2) is 13.6. The third kappa shape index (κ3) is 6.12. The molecule has 0 radical (unpaired) electrons. The quantitative estimate of drug-likeness (QED) is 0.162. The van der Waals surface area contributed by atoms with Gasteiger partial charge in [-0.1, -0.05) is 0 Å². The molecule has 4 aromatic carbocycles. The predicted octanol–water partition coefficient (Wildman–Crippen LogP) is 4.05. The molecule has 0 amide bonds. The Morgan fingerprint density at radius 1 is 0.766 bits per heavy atom. The Morgan fingerprint density at radius 2 is 1.32 bits per heavy atom. The zero-order chi connectivity index (χ0) is 33.0. The maximum atomic E-state index is 14.4. The molecule has 6 rings (SSSR count). The Kier molecular flexibility index (Phi) is 9.35. The molecule has 0 bridgehead atoms. The van der Waals surface area contributed by atoms with Crippen molar-refractivity contribution in [1.82, 2.24) is 9.55 Å². The molecule has 0 saturated carbocycles. The molecule has 1 aromatic heterocycles. The molecule has 11 heteroatoms. The van der Waals surface area contributed by atoms with Crippen LogP contribution in [0.1, 0.15) is 22.9 Å². The summed E-state index contributed by atoms with van der Waals surface area (Å²) in [6.07, 6.45) is -2.08. The van der Waals surface area contributed by atoms with Crippen LogP contribution in [0.2, 0.25) is 4.82 Å². The number of aromatic nitrogens is 2. The molecular formula is C36H34N2O8Se. The first kappa shape index (κ1) is 32.3. The van der Waals surface area contributed by atoms with Crippen molar-refractivity contribution in [2.45, 2.75) is 28.9 Å². The summed E-state index contributed by atoms with van der Waals surface area (Å²) in [5.41, 5.74) is -0.161. The van der Waals surface area contributed by atoms with Crippen LogP contribution in [0.5, 0.6) is 5.75 Å². The fourth-order valence-electron chi connectivity index (χ4n) is 6.22. The number of nitrogens with one attached hydrogen (secondary N) is 1. The van der Waals surface area contributed by atoms with Crippen LogP contribution in [-0.4, -0.2) is 55.3 Å². The van der Waals surface area contributed by atoms with Gasteiger partial charge in [-0.15, -0.1) is 0 Å². The van der Waals surface area contributed by atoms with Crippen molar-refractivity contribution >= 4 is 17.2 Å². The van der Waals surface area contributed by atoms with E-state index in [1.165, 1.54) is 19.4 Å². The number of nitrogens with zero attached hydrogens (tertiary/aromatic N) is 1. The molecule has 242 valence electrons. The number of rotatable bonds is 11. The summed E-state index contributed by atoms with van der Waals surface area (Å²) in [6.45, 7) is -0.203. The number of hydrogen-bond acceptors (Lipinski definition) is 8. The molecule has 1 saturated heterocycles. The number of methoxy groups -OCH3 is 2. The third-order valence-corrected chi connectivity index (χ3v) is 13.1. The first-order valence-electron chi connectivity index (χ1n) is 15.0. The molecule has 0 unspecified atom stereocenters. The predicted molar refractivity (Wildman–Crippen MR) is 175 cm³/mol. The molecular weight excluding hydrogens is 667 g/mol. The van der Waals surface area contributed by atoms with Crippen molar-refractivity contribution in [3.8, 4) is 5.75 Å². The van der Waals surface area contributed by atoms with E-state index in [1.54, 1.807) is 37.4 Å². The second-order valence-electron chi connectivity index (χ2n) is 11.1. The van der Waals surface area contributed by atoms with Gasteiger partial charge in [0.25, 0.3) is 0 Å². The summed E-state index contributed by atoms with van der Waals surface area (Å²) >= 11 is -5.11. The Bertz CT molecular complexity index is 1980. The molecule has 0 aliphatic carbocycles. The van der Waals surface area contributed by atoms with Crippen molar-refractivity contribution in [3.05, 3.63) is 165 Å². The molecule has 1 fully saturated rings. The SMILES string of the molecule is COc1ccc(C(OC[C@H]2O[C@@H](n3ccc(=O)[nH]c3=O)[C@H](OC)[C@@H]2[Se](=O)(=O)c2ccccc2)(c2ccccc2)c2ccccc2)cc1. The molecule has 10 nitrogen and oxygen atoms in total. The average molecular weight is 702 g/mol. The molecule has 2 heterocycles. The summed E-state index contributed by atoms with van der Waals surface area (Å²) in [4.78, 5) is 25.8. The first-order valence-corrected chi connectivity index (χ1v) is 18.2. The van der Waals surface area contributed by atoms with Crippen molar-refractivity contribution in [3.63, 3.8) is 0 Å². The Balaban J connectivity index is 1.50. The number of aromatic amines is 1. The van der Waals surface area contributed by atoms with Crippen LogP contribution in [0, 0.1) is 0 Å². The van der Waals surface area contributed by atoms with Crippen LogP contribution in [0.4, 0.5) is 0 Å². The second-order valence-corrected chi connectivity index (χ2v) is 15.5. The minimum atomic E-state index is -5.11. The van der Waals surface area contributed by atoms with Crippen molar-refractivity contribution in [2.75, 3.05) is 20.8 Å². The monoisotopic (exact) mass is 702 g/mol. The average Bonchev–Trinajstić information content (AvgIpc) is 3.49. The fraction of sp³-hybridized carbons (Fsp3) is 0.222. The van der Waals surface area contributed by atoms with E-state index in [9.17, 15) is 17.3 Å². The van der Waals surface area contributed by atoms with Gasteiger partial charge in [-0.2, -0.15) is 0 Å². The molecule has 1 N–H and O–H groups in total. The van der Waals surface area contributed by atoms with Gasteiger partial charge in [0, 0.05) is 0 Å². The standard InChI is InChI=1S/C36H34N2O8Se/c1-43-28-20-18-27(19-21-28)36(25-12-6-3-7-13-25,26-14-8-4-9-15-26)45-24-30-33(47(41,42)29-16-10-5-11-17-29)32(44-2)34(46-30)38-23-22-31(39)37-35(38)40/h3-23,30,32-34H,24H2,1-2H3,(H,37,39,40)/t30-,32-,33-,34-/m1/s1. The molecule has 47 heavy (non-hydrogen) atoms. The van der Waals surface area contributed by atoms with Gasteiger partial charge in [0.05, 0.1) is 0 Å². The van der Waals surface area contributed by atoms with Crippen LogP contribution in [0.15, 0.2) is 137 Å². The first-order chi connectivity index (χ1) is 22.8. The minimum absolute atomic E-state index is 0.145. The zero-order valence-corrected chi connectivity index (χ0v) is 27.5. The van der Waals surface area contributed by atoms with Gasteiger partial charge in [-0.05, 0) is 0 Å². The van der Waals surface area contributed by atoms with Gasteiger partial charge in [-0.3, -0.25) is 0 Å². The van der Waals surface area contributed by atoms with E-state index in [-0.39, 0.29) is 11.1 Å². The summed E-state index contributed by atoms with van der Waals surface area (Å²) in [5.74, 6) is 0.664. The van der Waals surface area contributed by atoms with Gasteiger partial charge in [0.15, 0.2) is 0 Å². The summed E-state index contributed by atoms with van der Waals surface area (Å²) in [6, 6.07) is 36.1. The van der Waals surface area contributed by atoms with Crippen LogP contribution >= 0.6 is 0 Å². The Morgan fingerprint density at radius 3 is 1.85 bits per heavy atom. The van der Waals surface area contributed by atoms with E-state index in [0.29, 0.717) is 5.75 Å². The fourth-order valence-corrected chi connectivity index (χ4v) is 10.4. The third-order valence-electron chi connectivity index (χ3n) is 8.43.